The quantitative estimate of drug-likeness (QED) is 0.232. The van der Waals surface area contributed by atoms with Crippen LogP contribution in [0.25, 0.3) is 11.3 Å². The van der Waals surface area contributed by atoms with Crippen molar-refractivity contribution in [2.45, 2.75) is 38.0 Å². The fourth-order valence-corrected chi connectivity index (χ4v) is 4.76. The minimum absolute atomic E-state index is 0.0578. The molecule has 0 bridgehead atoms. The number of para-hydroxylation sites is 1. The Morgan fingerprint density at radius 3 is 2.62 bits per heavy atom. The second-order valence-corrected chi connectivity index (χ2v) is 9.04. The molecule has 1 N–H and O–H groups in total. The van der Waals surface area contributed by atoms with Crippen molar-refractivity contribution < 1.29 is 19.0 Å². The Hall–Kier alpha value is -2.88. The first-order valence-electron chi connectivity index (χ1n) is 10.5. The number of rotatable bonds is 5. The fourth-order valence-electron chi connectivity index (χ4n) is 3.85. The van der Waals surface area contributed by atoms with Gasteiger partial charge in [0.25, 0.3) is 6.17 Å². The van der Waals surface area contributed by atoms with Crippen LogP contribution in [-0.4, -0.2) is 28.2 Å². The van der Waals surface area contributed by atoms with E-state index in [-0.39, 0.29) is 45.8 Å². The molecular formula is C23H21Cl2N4O4S+. The van der Waals surface area contributed by atoms with E-state index in [1.165, 1.54) is 27.4 Å². The number of hydrogen-bond donors (Lipinski definition) is 1. The van der Waals surface area contributed by atoms with Gasteiger partial charge in [0.1, 0.15) is 0 Å². The van der Waals surface area contributed by atoms with Crippen LogP contribution in [0.5, 0.6) is 5.75 Å². The van der Waals surface area contributed by atoms with Gasteiger partial charge in [-0.25, -0.2) is 4.90 Å². The number of ether oxygens (including phenoxy) is 1. The largest absolute Gasteiger partial charge is 0.424 e. The van der Waals surface area contributed by atoms with E-state index in [2.05, 4.69) is 10.1 Å². The maximum Gasteiger partial charge on any atom is 0.325 e. The molecule has 0 aliphatic carbocycles. The van der Waals surface area contributed by atoms with Gasteiger partial charge in [0.2, 0.25) is 11.1 Å². The van der Waals surface area contributed by atoms with E-state index in [1.54, 1.807) is 50.4 Å². The number of benzene rings is 2. The van der Waals surface area contributed by atoms with E-state index in [9.17, 15) is 14.4 Å². The number of aromatic amines is 1. The van der Waals surface area contributed by atoms with Gasteiger partial charge in [-0.2, -0.15) is 0 Å². The summed E-state index contributed by atoms with van der Waals surface area (Å²) in [5.41, 5.74) is 1.27. The zero-order valence-corrected chi connectivity index (χ0v) is 20.9. The summed E-state index contributed by atoms with van der Waals surface area (Å²) < 4.78 is 7.05. The number of hydrogen-bond acceptors (Lipinski definition) is 6. The first-order chi connectivity index (χ1) is 16.3. The molecule has 0 saturated heterocycles. The van der Waals surface area contributed by atoms with Crippen LogP contribution < -0.4 is 19.9 Å². The highest BCUT2D eigenvalue weighted by Gasteiger charge is 2.47. The highest BCUT2D eigenvalue weighted by Crippen LogP contribution is 2.43. The highest BCUT2D eigenvalue weighted by molar-refractivity contribution is 7.98. The first-order valence-corrected chi connectivity index (χ1v) is 12.5. The van der Waals surface area contributed by atoms with Gasteiger partial charge in [0.15, 0.2) is 5.75 Å². The number of carbonyl (C=O) groups is 2. The third-order valence-electron chi connectivity index (χ3n) is 5.34. The van der Waals surface area contributed by atoms with Gasteiger partial charge in [-0.15, -0.1) is 0 Å². The third kappa shape index (κ3) is 4.19. The molecule has 2 aromatic carbocycles. The number of aromatic nitrogens is 3. The highest BCUT2D eigenvalue weighted by atomic mass is 35.5. The normalized spacial score (nSPS) is 14.4. The Morgan fingerprint density at radius 2 is 1.94 bits per heavy atom. The van der Waals surface area contributed by atoms with Crippen molar-refractivity contribution in [1.29, 1.82) is 0 Å². The van der Waals surface area contributed by atoms with Crippen LogP contribution in [-0.2, 0) is 9.59 Å². The maximum atomic E-state index is 13.3. The monoisotopic (exact) mass is 519 g/mol. The summed E-state index contributed by atoms with van der Waals surface area (Å²) in [4.78, 5) is 43.1. The Bertz CT molecular complexity index is 1360. The van der Waals surface area contributed by atoms with Crippen molar-refractivity contribution >= 4 is 52.5 Å². The van der Waals surface area contributed by atoms with Gasteiger partial charge in [0, 0.05) is 23.0 Å². The van der Waals surface area contributed by atoms with Gasteiger partial charge in [-0.05, 0) is 35.2 Å². The molecule has 176 valence electrons. The lowest BCUT2D eigenvalue weighted by Gasteiger charge is -2.32. The average Bonchev–Trinajstić information content (AvgIpc) is 2.83. The van der Waals surface area contributed by atoms with Gasteiger partial charge in [-0.1, -0.05) is 60.9 Å². The van der Waals surface area contributed by atoms with Crippen LogP contribution in [0.4, 0.5) is 5.69 Å². The van der Waals surface area contributed by atoms with Gasteiger partial charge >= 0.3 is 17.2 Å². The Balaban J connectivity index is 2.12. The molecule has 11 heteroatoms. The number of amides is 1. The third-order valence-corrected chi connectivity index (χ3v) is 6.41. The Labute approximate surface area is 209 Å². The molecule has 34 heavy (non-hydrogen) atoms. The second-order valence-electron chi connectivity index (χ2n) is 7.40. The predicted octanol–water partition coefficient (Wildman–Crippen LogP) is 4.37. The molecule has 1 unspecified atom stereocenters. The summed E-state index contributed by atoms with van der Waals surface area (Å²) in [5.74, 6) is -0.682. The zero-order valence-electron chi connectivity index (χ0n) is 18.6. The second kappa shape index (κ2) is 9.77. The zero-order chi connectivity index (χ0) is 24.6. The van der Waals surface area contributed by atoms with Crippen LogP contribution in [0.15, 0.2) is 46.3 Å². The van der Waals surface area contributed by atoms with Crippen LogP contribution >= 0.6 is 35.0 Å². The first kappa shape index (κ1) is 24.3. The molecule has 1 atom stereocenters. The Kier molecular flexibility index (Phi) is 6.97. The number of carbonyl (C=O) groups excluding carboxylic acids is 2. The fraction of sp³-hybridized carbons (Fsp3) is 0.261. The molecule has 0 fully saturated rings. The molecule has 1 aromatic heterocycles. The van der Waals surface area contributed by atoms with Crippen molar-refractivity contribution in [1.82, 2.24) is 10.1 Å². The molecular weight excluding hydrogens is 499 g/mol. The number of H-pyrrole nitrogens is 1. The SMILES string of the molecule is CCC(=O)Oc1c(Cl)cc(Cl)cc1C1N(C(=O)CC)c2ccccc2-c2c(=O)[nH]c(SC)n[n+]21. The molecule has 1 aliphatic rings. The number of thioether (sulfide) groups is 1. The Morgan fingerprint density at radius 1 is 1.21 bits per heavy atom. The number of nitrogens with zero attached hydrogens (tertiary/aromatic N) is 3. The molecule has 0 radical (unpaired) electrons. The minimum Gasteiger partial charge on any atom is -0.424 e. The number of fused-ring (bicyclic) bond motifs is 3. The lowest BCUT2D eigenvalue weighted by molar-refractivity contribution is -0.763. The number of halogens is 2. The van der Waals surface area contributed by atoms with Gasteiger partial charge in [0.05, 0.1) is 21.8 Å². The summed E-state index contributed by atoms with van der Waals surface area (Å²) in [6.07, 6.45) is 1.08. The smallest absolute Gasteiger partial charge is 0.325 e. The van der Waals surface area contributed by atoms with Crippen molar-refractivity contribution in [3.8, 4) is 17.0 Å². The molecule has 1 aliphatic heterocycles. The number of nitrogens with one attached hydrogen (secondary N) is 1. The van der Waals surface area contributed by atoms with Crippen molar-refractivity contribution in [3.05, 3.63) is 62.4 Å². The van der Waals surface area contributed by atoms with E-state index in [1.807, 2.05) is 0 Å². The predicted molar refractivity (Wildman–Crippen MR) is 131 cm³/mol. The standard InChI is InChI=1S/C23H20Cl2N4O4S/c1-4-17(30)28-16-9-7-6-8-13(16)19-21(32)26-23(34-3)27-29(19)22(28)14-10-12(24)11-15(25)20(14)33-18(31)5-2/h6-11,22H,4-5H2,1-3H3/p+1. The lowest BCUT2D eigenvalue weighted by atomic mass is 10.0. The topological polar surface area (TPSA) is 96.2 Å². The van der Waals surface area contributed by atoms with Crippen molar-refractivity contribution in [3.63, 3.8) is 0 Å². The van der Waals surface area contributed by atoms with Gasteiger partial charge in [-0.3, -0.25) is 19.4 Å². The average molecular weight is 520 g/mol. The molecule has 1 amide bonds. The number of anilines is 1. The van der Waals surface area contributed by atoms with E-state index in [0.717, 1.165) is 0 Å². The van der Waals surface area contributed by atoms with E-state index in [0.29, 0.717) is 22.0 Å². The van der Waals surface area contributed by atoms with Crippen LogP contribution in [0, 0.1) is 0 Å². The minimum atomic E-state index is -0.985. The summed E-state index contributed by atoms with van der Waals surface area (Å²) >= 11 is 14.1. The molecule has 8 nitrogen and oxygen atoms in total. The van der Waals surface area contributed by atoms with E-state index < -0.39 is 12.1 Å². The lowest BCUT2D eigenvalue weighted by Crippen LogP contribution is -2.61. The summed E-state index contributed by atoms with van der Waals surface area (Å²) in [6, 6.07) is 10.1. The molecule has 2 heterocycles. The maximum absolute atomic E-state index is 13.3. The summed E-state index contributed by atoms with van der Waals surface area (Å²) in [5, 5.41) is 5.34. The van der Waals surface area contributed by atoms with E-state index in [4.69, 9.17) is 27.9 Å². The van der Waals surface area contributed by atoms with Crippen molar-refractivity contribution in [2.24, 2.45) is 0 Å². The van der Waals surface area contributed by atoms with E-state index >= 15 is 0 Å². The summed E-state index contributed by atoms with van der Waals surface area (Å²) in [7, 11) is 0. The summed E-state index contributed by atoms with van der Waals surface area (Å²) in [6.45, 7) is 3.40. The van der Waals surface area contributed by atoms with Gasteiger partial charge < -0.3 is 4.74 Å². The van der Waals surface area contributed by atoms with Crippen molar-refractivity contribution in [2.75, 3.05) is 11.2 Å². The molecule has 0 saturated carbocycles. The van der Waals surface area contributed by atoms with Crippen LogP contribution in [0.3, 0.4) is 0 Å². The van der Waals surface area contributed by atoms with Crippen LogP contribution in [0.1, 0.15) is 38.4 Å². The molecule has 0 spiro atoms. The molecule has 3 aromatic rings. The van der Waals surface area contributed by atoms with Crippen LogP contribution in [0.2, 0.25) is 10.0 Å². The molecule has 4 rings (SSSR count). The number of esters is 1.